The van der Waals surface area contributed by atoms with E-state index in [0.717, 1.165) is 0 Å². The van der Waals surface area contributed by atoms with Gasteiger partial charge in [-0.05, 0) is 6.42 Å². The number of hydrogen-bond donors (Lipinski definition) is 3. The SMILES string of the molecule is CCc1c(C(=O)NCCC(O)C(=O)O)cnc2ncnn12. The zero-order chi connectivity index (χ0) is 15.4. The molecule has 2 aromatic rings. The number of rotatable bonds is 6. The van der Waals surface area contributed by atoms with Crippen molar-refractivity contribution in [3.63, 3.8) is 0 Å². The summed E-state index contributed by atoms with van der Waals surface area (Å²) in [6.07, 6.45) is 1.76. The number of carboxylic acids is 1. The second-order valence-corrected chi connectivity index (χ2v) is 4.34. The lowest BCUT2D eigenvalue weighted by molar-refractivity contribution is -0.146. The van der Waals surface area contributed by atoms with Crippen LogP contribution in [0.5, 0.6) is 0 Å². The van der Waals surface area contributed by atoms with Crippen molar-refractivity contribution in [3.05, 3.63) is 23.8 Å². The summed E-state index contributed by atoms with van der Waals surface area (Å²) in [5.41, 5.74) is 1.01. The molecule has 9 heteroatoms. The Kier molecular flexibility index (Phi) is 4.43. The first-order valence-corrected chi connectivity index (χ1v) is 6.41. The Labute approximate surface area is 119 Å². The quantitative estimate of drug-likeness (QED) is 0.639. The molecular formula is C12H15N5O4. The fourth-order valence-corrected chi connectivity index (χ4v) is 1.90. The van der Waals surface area contributed by atoms with Crippen LogP contribution in [-0.2, 0) is 11.2 Å². The number of aliphatic hydroxyl groups is 1. The molecule has 1 atom stereocenters. The molecule has 0 spiro atoms. The summed E-state index contributed by atoms with van der Waals surface area (Å²) < 4.78 is 1.49. The molecule has 112 valence electrons. The zero-order valence-electron chi connectivity index (χ0n) is 11.4. The van der Waals surface area contributed by atoms with E-state index in [1.807, 2.05) is 6.92 Å². The number of aromatic nitrogens is 4. The molecule has 0 bridgehead atoms. The number of hydrogen-bond acceptors (Lipinski definition) is 6. The molecule has 0 saturated heterocycles. The first kappa shape index (κ1) is 14.9. The van der Waals surface area contributed by atoms with E-state index in [-0.39, 0.29) is 13.0 Å². The minimum absolute atomic E-state index is 0.0465. The predicted molar refractivity (Wildman–Crippen MR) is 70.8 cm³/mol. The lowest BCUT2D eigenvalue weighted by Gasteiger charge is -2.10. The molecule has 21 heavy (non-hydrogen) atoms. The maximum Gasteiger partial charge on any atom is 0.332 e. The van der Waals surface area contributed by atoms with Gasteiger partial charge in [0.1, 0.15) is 6.33 Å². The Bertz CT molecular complexity index is 669. The van der Waals surface area contributed by atoms with E-state index < -0.39 is 18.0 Å². The van der Waals surface area contributed by atoms with Crippen LogP contribution in [0, 0.1) is 0 Å². The summed E-state index contributed by atoms with van der Waals surface area (Å²) in [5.74, 6) is -1.30. The lowest BCUT2D eigenvalue weighted by Crippen LogP contribution is -2.31. The van der Waals surface area contributed by atoms with E-state index in [9.17, 15) is 9.59 Å². The average molecular weight is 293 g/mol. The number of aliphatic hydroxyl groups excluding tert-OH is 1. The highest BCUT2D eigenvalue weighted by atomic mass is 16.4. The number of carbonyl (C=O) groups is 2. The summed E-state index contributed by atoms with van der Waals surface area (Å²) >= 11 is 0. The predicted octanol–water partition coefficient (Wildman–Crippen LogP) is -0.748. The van der Waals surface area contributed by atoms with Crippen molar-refractivity contribution in [3.8, 4) is 0 Å². The van der Waals surface area contributed by atoms with Gasteiger partial charge in [-0.1, -0.05) is 6.92 Å². The molecule has 0 aromatic carbocycles. The molecule has 0 fully saturated rings. The summed E-state index contributed by atoms with van der Waals surface area (Å²) in [7, 11) is 0. The van der Waals surface area contributed by atoms with Gasteiger partial charge in [-0.3, -0.25) is 4.79 Å². The van der Waals surface area contributed by atoms with Crippen LogP contribution in [0.2, 0.25) is 0 Å². The number of amides is 1. The molecule has 2 aromatic heterocycles. The second kappa shape index (κ2) is 6.27. The van der Waals surface area contributed by atoms with Gasteiger partial charge in [0.15, 0.2) is 6.10 Å². The minimum atomic E-state index is -1.49. The van der Waals surface area contributed by atoms with E-state index in [4.69, 9.17) is 10.2 Å². The Hall–Kier alpha value is -2.55. The summed E-state index contributed by atoms with van der Waals surface area (Å²) in [5, 5.41) is 24.3. The molecule has 0 aliphatic rings. The maximum atomic E-state index is 12.1. The Morgan fingerprint density at radius 2 is 2.19 bits per heavy atom. The monoisotopic (exact) mass is 293 g/mol. The normalized spacial score (nSPS) is 12.3. The van der Waals surface area contributed by atoms with Crippen molar-refractivity contribution in [2.75, 3.05) is 6.54 Å². The summed E-state index contributed by atoms with van der Waals surface area (Å²) in [6, 6.07) is 0. The fraction of sp³-hybridized carbons (Fsp3) is 0.417. The van der Waals surface area contributed by atoms with E-state index in [1.54, 1.807) is 0 Å². The zero-order valence-corrected chi connectivity index (χ0v) is 11.4. The van der Waals surface area contributed by atoms with Gasteiger partial charge < -0.3 is 15.5 Å². The van der Waals surface area contributed by atoms with Gasteiger partial charge in [-0.2, -0.15) is 10.1 Å². The second-order valence-electron chi connectivity index (χ2n) is 4.34. The van der Waals surface area contributed by atoms with Gasteiger partial charge in [-0.25, -0.2) is 14.3 Å². The van der Waals surface area contributed by atoms with E-state index in [2.05, 4.69) is 20.4 Å². The number of nitrogens with one attached hydrogen (secondary N) is 1. The van der Waals surface area contributed by atoms with Gasteiger partial charge in [-0.15, -0.1) is 0 Å². The van der Waals surface area contributed by atoms with E-state index in [1.165, 1.54) is 17.0 Å². The third-order valence-corrected chi connectivity index (χ3v) is 2.97. The minimum Gasteiger partial charge on any atom is -0.479 e. The molecule has 0 aliphatic heterocycles. The van der Waals surface area contributed by atoms with E-state index >= 15 is 0 Å². The van der Waals surface area contributed by atoms with Crippen molar-refractivity contribution in [2.24, 2.45) is 0 Å². The highest BCUT2D eigenvalue weighted by molar-refractivity contribution is 5.95. The van der Waals surface area contributed by atoms with Crippen LogP contribution >= 0.6 is 0 Å². The standard InChI is InChI=1S/C12H15N5O4/c1-2-8-7(5-14-12-15-6-16-17(8)12)10(19)13-4-3-9(18)11(20)21/h5-6,9,18H,2-4H2,1H3,(H,13,19)(H,20,21). The van der Waals surface area contributed by atoms with Gasteiger partial charge >= 0.3 is 5.97 Å². The number of carbonyl (C=O) groups excluding carboxylic acids is 1. The van der Waals surface area contributed by atoms with Crippen LogP contribution < -0.4 is 5.32 Å². The van der Waals surface area contributed by atoms with Crippen molar-refractivity contribution in [1.29, 1.82) is 0 Å². The molecule has 2 heterocycles. The Balaban J connectivity index is 2.10. The topological polar surface area (TPSA) is 130 Å². The Morgan fingerprint density at radius 3 is 2.86 bits per heavy atom. The van der Waals surface area contributed by atoms with Gasteiger partial charge in [0, 0.05) is 19.2 Å². The van der Waals surface area contributed by atoms with Gasteiger partial charge in [0.25, 0.3) is 11.7 Å². The molecule has 2 rings (SSSR count). The largest absolute Gasteiger partial charge is 0.479 e. The highest BCUT2D eigenvalue weighted by Crippen LogP contribution is 2.09. The first-order valence-electron chi connectivity index (χ1n) is 6.41. The number of fused-ring (bicyclic) bond motifs is 1. The molecule has 0 aliphatic carbocycles. The lowest BCUT2D eigenvalue weighted by atomic mass is 10.1. The summed E-state index contributed by atoms with van der Waals surface area (Å²) in [6.45, 7) is 1.92. The molecule has 1 amide bonds. The van der Waals surface area contributed by atoms with Crippen molar-refractivity contribution in [2.45, 2.75) is 25.9 Å². The van der Waals surface area contributed by atoms with Gasteiger partial charge in [0.05, 0.1) is 11.3 Å². The van der Waals surface area contributed by atoms with E-state index in [0.29, 0.717) is 23.5 Å². The number of nitrogens with zero attached hydrogens (tertiary/aromatic N) is 4. The Morgan fingerprint density at radius 1 is 1.43 bits per heavy atom. The van der Waals surface area contributed by atoms with Crippen LogP contribution in [0.1, 0.15) is 29.4 Å². The molecule has 0 saturated carbocycles. The van der Waals surface area contributed by atoms with Crippen LogP contribution in [0.25, 0.3) is 5.78 Å². The molecule has 0 radical (unpaired) electrons. The highest BCUT2D eigenvalue weighted by Gasteiger charge is 2.17. The number of carboxylic acid groups (broad SMARTS) is 1. The van der Waals surface area contributed by atoms with Crippen LogP contribution in [0.3, 0.4) is 0 Å². The van der Waals surface area contributed by atoms with Crippen molar-refractivity contribution >= 4 is 17.7 Å². The van der Waals surface area contributed by atoms with Crippen molar-refractivity contribution < 1.29 is 19.8 Å². The number of aryl methyl sites for hydroxylation is 1. The molecule has 9 nitrogen and oxygen atoms in total. The summed E-state index contributed by atoms with van der Waals surface area (Å²) in [4.78, 5) is 30.5. The third-order valence-electron chi connectivity index (χ3n) is 2.97. The maximum absolute atomic E-state index is 12.1. The fourth-order valence-electron chi connectivity index (χ4n) is 1.90. The molecular weight excluding hydrogens is 278 g/mol. The first-order chi connectivity index (χ1) is 10.0. The van der Waals surface area contributed by atoms with Crippen molar-refractivity contribution in [1.82, 2.24) is 24.9 Å². The smallest absolute Gasteiger partial charge is 0.332 e. The molecule has 1 unspecified atom stereocenters. The number of aliphatic carboxylic acids is 1. The van der Waals surface area contributed by atoms with Crippen LogP contribution in [0.4, 0.5) is 0 Å². The third kappa shape index (κ3) is 3.14. The van der Waals surface area contributed by atoms with Gasteiger partial charge in [0.2, 0.25) is 0 Å². The van der Waals surface area contributed by atoms with Crippen LogP contribution in [0.15, 0.2) is 12.5 Å². The molecule has 3 N–H and O–H groups in total. The van der Waals surface area contributed by atoms with Crippen LogP contribution in [-0.4, -0.2) is 54.3 Å². The average Bonchev–Trinajstić information content (AvgIpc) is 2.94.